The molecular weight excluding hydrogens is 368 g/mol. The molecule has 2 aromatic heterocycles. The smallest absolute Gasteiger partial charge is 0.257 e. The van der Waals surface area contributed by atoms with Gasteiger partial charge in [0.15, 0.2) is 11.5 Å². The second-order valence-electron chi connectivity index (χ2n) is 6.46. The van der Waals surface area contributed by atoms with E-state index in [0.717, 1.165) is 11.1 Å². The molecule has 0 saturated carbocycles. The highest BCUT2D eigenvalue weighted by Gasteiger charge is 2.17. The molecule has 0 aliphatic heterocycles. The van der Waals surface area contributed by atoms with Crippen molar-refractivity contribution in [1.29, 1.82) is 0 Å². The minimum absolute atomic E-state index is 0.120. The maximum absolute atomic E-state index is 13.0. The third kappa shape index (κ3) is 5.01. The third-order valence-electron chi connectivity index (χ3n) is 4.46. The Morgan fingerprint density at radius 2 is 1.76 bits per heavy atom. The van der Waals surface area contributed by atoms with Gasteiger partial charge in [-0.1, -0.05) is 6.07 Å². The summed E-state index contributed by atoms with van der Waals surface area (Å²) in [5.41, 5.74) is 2.51. The monoisotopic (exact) mass is 392 g/mol. The van der Waals surface area contributed by atoms with Crippen molar-refractivity contribution >= 4 is 11.7 Å². The number of carbonyl (C=O) groups is 1. The van der Waals surface area contributed by atoms with Crippen molar-refractivity contribution in [3.8, 4) is 11.5 Å². The van der Waals surface area contributed by atoms with Crippen LogP contribution in [0.5, 0.6) is 11.5 Å². The molecule has 29 heavy (non-hydrogen) atoms. The first-order chi connectivity index (χ1) is 14.1. The van der Waals surface area contributed by atoms with E-state index in [-0.39, 0.29) is 5.91 Å². The highest BCUT2D eigenvalue weighted by Crippen LogP contribution is 2.28. The van der Waals surface area contributed by atoms with Gasteiger partial charge < -0.3 is 19.7 Å². The van der Waals surface area contributed by atoms with E-state index in [4.69, 9.17) is 9.47 Å². The summed E-state index contributed by atoms with van der Waals surface area (Å²) in [6.45, 7) is 0.983. The second kappa shape index (κ2) is 9.54. The minimum Gasteiger partial charge on any atom is -0.493 e. The Bertz CT molecular complexity index is 963. The van der Waals surface area contributed by atoms with Crippen LogP contribution in [0.25, 0.3) is 0 Å². The second-order valence-corrected chi connectivity index (χ2v) is 6.46. The highest BCUT2D eigenvalue weighted by molar-refractivity contribution is 5.98. The van der Waals surface area contributed by atoms with Crippen molar-refractivity contribution in [2.75, 3.05) is 26.6 Å². The number of methoxy groups -OCH3 is 2. The Hall–Kier alpha value is -3.61. The van der Waals surface area contributed by atoms with E-state index in [2.05, 4.69) is 15.3 Å². The first kappa shape index (κ1) is 20.1. The SMILES string of the molecule is COc1ccc(CN(C)C(=O)c2cccnc2NCc2ccncc2)cc1OC. The number of benzene rings is 1. The molecule has 0 aliphatic rings. The van der Waals surface area contributed by atoms with Crippen molar-refractivity contribution in [1.82, 2.24) is 14.9 Å². The average Bonchev–Trinajstić information content (AvgIpc) is 2.78. The minimum atomic E-state index is -0.120. The van der Waals surface area contributed by atoms with Crippen LogP contribution in [0.15, 0.2) is 61.1 Å². The molecule has 0 bridgehead atoms. The number of aromatic nitrogens is 2. The van der Waals surface area contributed by atoms with Crippen LogP contribution in [0.3, 0.4) is 0 Å². The van der Waals surface area contributed by atoms with Crippen LogP contribution in [0.1, 0.15) is 21.5 Å². The van der Waals surface area contributed by atoms with Crippen LogP contribution in [-0.2, 0) is 13.1 Å². The number of carbonyl (C=O) groups excluding carboxylic acids is 1. The summed E-state index contributed by atoms with van der Waals surface area (Å²) in [4.78, 5) is 23.0. The first-order valence-corrected chi connectivity index (χ1v) is 9.16. The number of nitrogens with zero attached hydrogens (tertiary/aromatic N) is 3. The van der Waals surface area contributed by atoms with E-state index >= 15 is 0 Å². The molecule has 2 heterocycles. The number of pyridine rings is 2. The molecule has 1 aromatic carbocycles. The van der Waals surface area contributed by atoms with Crippen LogP contribution in [0.4, 0.5) is 5.82 Å². The Kier molecular flexibility index (Phi) is 6.63. The van der Waals surface area contributed by atoms with Crippen molar-refractivity contribution < 1.29 is 14.3 Å². The zero-order valence-corrected chi connectivity index (χ0v) is 16.8. The zero-order chi connectivity index (χ0) is 20.6. The fraction of sp³-hybridized carbons (Fsp3) is 0.227. The number of amides is 1. The molecule has 1 N–H and O–H groups in total. The summed E-state index contributed by atoms with van der Waals surface area (Å²) in [5.74, 6) is 1.71. The molecular formula is C22H24N4O3. The van der Waals surface area contributed by atoms with Crippen LogP contribution in [-0.4, -0.2) is 42.0 Å². The molecule has 3 rings (SSSR count). The topological polar surface area (TPSA) is 76.6 Å². The van der Waals surface area contributed by atoms with Gasteiger partial charge in [-0.25, -0.2) is 4.98 Å². The number of hydrogen-bond acceptors (Lipinski definition) is 6. The van der Waals surface area contributed by atoms with Gasteiger partial charge in [-0.2, -0.15) is 0 Å². The predicted octanol–water partition coefficient (Wildman–Crippen LogP) is 3.38. The molecule has 0 fully saturated rings. The number of rotatable bonds is 8. The summed E-state index contributed by atoms with van der Waals surface area (Å²) >= 11 is 0. The van der Waals surface area contributed by atoms with Gasteiger partial charge in [-0.05, 0) is 47.5 Å². The fourth-order valence-corrected chi connectivity index (χ4v) is 2.94. The van der Waals surface area contributed by atoms with Gasteiger partial charge in [0, 0.05) is 38.7 Å². The van der Waals surface area contributed by atoms with Crippen molar-refractivity contribution in [3.05, 3.63) is 77.7 Å². The molecule has 0 saturated heterocycles. The van der Waals surface area contributed by atoms with Crippen LogP contribution >= 0.6 is 0 Å². The van der Waals surface area contributed by atoms with Crippen LogP contribution in [0, 0.1) is 0 Å². The number of nitrogens with one attached hydrogen (secondary N) is 1. The predicted molar refractivity (Wildman–Crippen MR) is 111 cm³/mol. The molecule has 7 nitrogen and oxygen atoms in total. The van der Waals surface area contributed by atoms with E-state index in [9.17, 15) is 4.79 Å². The van der Waals surface area contributed by atoms with Gasteiger partial charge in [-0.15, -0.1) is 0 Å². The molecule has 1 amide bonds. The molecule has 0 spiro atoms. The summed E-state index contributed by atoms with van der Waals surface area (Å²) in [5, 5.41) is 3.24. The van der Waals surface area contributed by atoms with E-state index in [1.807, 2.05) is 30.3 Å². The molecule has 3 aromatic rings. The molecule has 0 unspecified atom stereocenters. The Morgan fingerprint density at radius 1 is 1.00 bits per heavy atom. The average molecular weight is 392 g/mol. The largest absolute Gasteiger partial charge is 0.493 e. The lowest BCUT2D eigenvalue weighted by Gasteiger charge is -2.20. The summed E-state index contributed by atoms with van der Waals surface area (Å²) in [6.07, 6.45) is 5.14. The number of ether oxygens (including phenoxy) is 2. The van der Waals surface area contributed by atoms with Gasteiger partial charge >= 0.3 is 0 Å². The van der Waals surface area contributed by atoms with Crippen LogP contribution in [0.2, 0.25) is 0 Å². The lowest BCUT2D eigenvalue weighted by molar-refractivity contribution is 0.0785. The molecule has 0 atom stereocenters. The maximum Gasteiger partial charge on any atom is 0.257 e. The van der Waals surface area contributed by atoms with Crippen molar-refractivity contribution in [2.24, 2.45) is 0 Å². The normalized spacial score (nSPS) is 10.3. The number of anilines is 1. The molecule has 150 valence electrons. The van der Waals surface area contributed by atoms with Gasteiger partial charge in [0.1, 0.15) is 5.82 Å². The lowest BCUT2D eigenvalue weighted by Crippen LogP contribution is -2.27. The molecule has 0 radical (unpaired) electrons. The van der Waals surface area contributed by atoms with Crippen molar-refractivity contribution in [2.45, 2.75) is 13.1 Å². The van der Waals surface area contributed by atoms with E-state index < -0.39 is 0 Å². The summed E-state index contributed by atoms with van der Waals surface area (Å²) < 4.78 is 10.6. The number of hydrogen-bond donors (Lipinski definition) is 1. The van der Waals surface area contributed by atoms with Gasteiger partial charge in [0.05, 0.1) is 19.8 Å². The standard InChI is InChI=1S/C22H24N4O3/c1-26(15-17-6-7-19(28-2)20(13-17)29-3)22(27)18-5-4-10-24-21(18)25-14-16-8-11-23-12-9-16/h4-13H,14-15H2,1-3H3,(H,24,25). The van der Waals surface area contributed by atoms with Crippen molar-refractivity contribution in [3.63, 3.8) is 0 Å². The molecule has 0 aliphatic carbocycles. The van der Waals surface area contributed by atoms with Gasteiger partial charge in [0.25, 0.3) is 5.91 Å². The lowest BCUT2D eigenvalue weighted by atomic mass is 10.1. The Morgan fingerprint density at radius 3 is 2.48 bits per heavy atom. The van der Waals surface area contributed by atoms with Gasteiger partial charge in [0.2, 0.25) is 0 Å². The first-order valence-electron chi connectivity index (χ1n) is 9.16. The van der Waals surface area contributed by atoms with E-state index in [1.165, 1.54) is 0 Å². The van der Waals surface area contributed by atoms with E-state index in [0.29, 0.717) is 36.0 Å². The summed E-state index contributed by atoms with van der Waals surface area (Å²) in [6, 6.07) is 13.0. The summed E-state index contributed by atoms with van der Waals surface area (Å²) in [7, 11) is 4.95. The van der Waals surface area contributed by atoms with Gasteiger partial charge in [-0.3, -0.25) is 9.78 Å². The quantitative estimate of drug-likeness (QED) is 0.633. The fourth-order valence-electron chi connectivity index (χ4n) is 2.94. The Balaban J connectivity index is 1.73. The zero-order valence-electron chi connectivity index (χ0n) is 16.8. The maximum atomic E-state index is 13.0. The van der Waals surface area contributed by atoms with Crippen LogP contribution < -0.4 is 14.8 Å². The Labute approximate surface area is 170 Å². The third-order valence-corrected chi connectivity index (χ3v) is 4.46. The highest BCUT2D eigenvalue weighted by atomic mass is 16.5. The van der Waals surface area contributed by atoms with E-state index in [1.54, 1.807) is 56.9 Å². The molecule has 7 heteroatoms.